The lowest BCUT2D eigenvalue weighted by Gasteiger charge is -1.90. The highest BCUT2D eigenvalue weighted by atomic mass is 16.6. The third-order valence-corrected chi connectivity index (χ3v) is 0.903. The van der Waals surface area contributed by atoms with E-state index in [1.807, 2.05) is 0 Å². The summed E-state index contributed by atoms with van der Waals surface area (Å²) in [6, 6.07) is 0. The maximum atomic E-state index is 10.3. The van der Waals surface area contributed by atoms with Crippen molar-refractivity contribution in [1.82, 2.24) is 0 Å². The van der Waals surface area contributed by atoms with Crippen molar-refractivity contribution >= 4 is 5.97 Å². The number of esters is 1. The molecule has 0 aromatic heterocycles. The molecule has 0 fully saturated rings. The number of carbonyl (C=O) groups is 1. The van der Waals surface area contributed by atoms with Crippen molar-refractivity contribution in [2.75, 3.05) is 7.11 Å². The minimum absolute atomic E-state index is 0.248. The third kappa shape index (κ3) is 0.804. The van der Waals surface area contributed by atoms with Gasteiger partial charge in [0.05, 0.1) is 7.11 Å². The average molecular weight is 114 g/mol. The summed E-state index contributed by atoms with van der Waals surface area (Å²) in [5.41, 5.74) is 0. The molecule has 0 spiro atoms. The molecule has 1 heterocycles. The Bertz CT molecular complexity index is 137. The van der Waals surface area contributed by atoms with E-state index in [1.54, 1.807) is 0 Å². The van der Waals surface area contributed by atoms with Crippen LogP contribution in [0.4, 0.5) is 0 Å². The second-order valence-corrected chi connectivity index (χ2v) is 1.45. The van der Waals surface area contributed by atoms with Gasteiger partial charge in [0.15, 0.2) is 0 Å². The Hall–Kier alpha value is -0.990. The molecule has 0 radical (unpaired) electrons. The average Bonchev–Trinajstić information content (AvgIpc) is 2.14. The predicted molar refractivity (Wildman–Crippen MR) is 25.8 cm³/mol. The van der Waals surface area contributed by atoms with Crippen molar-refractivity contribution in [3.8, 4) is 0 Å². The molecular weight excluding hydrogens is 108 g/mol. The molecule has 8 heavy (non-hydrogen) atoms. The van der Waals surface area contributed by atoms with Crippen molar-refractivity contribution in [2.45, 2.75) is 6.42 Å². The van der Waals surface area contributed by atoms with Gasteiger partial charge in [-0.25, -0.2) is 0 Å². The number of hydrogen-bond acceptors (Lipinski definition) is 3. The van der Waals surface area contributed by atoms with Crippen LogP contribution in [0.5, 0.6) is 0 Å². The number of hydrogen-bond donors (Lipinski definition) is 0. The van der Waals surface area contributed by atoms with E-state index in [0.717, 1.165) is 0 Å². The Balaban J connectivity index is 2.49. The monoisotopic (exact) mass is 114 g/mol. The second-order valence-electron chi connectivity index (χ2n) is 1.45. The molecular formula is C5H6O3. The minimum Gasteiger partial charge on any atom is -0.497 e. The number of cyclic esters (lactones) is 1. The Kier molecular flexibility index (Phi) is 1.20. The molecule has 0 amide bonds. The van der Waals surface area contributed by atoms with E-state index in [1.165, 1.54) is 13.4 Å². The van der Waals surface area contributed by atoms with E-state index in [4.69, 9.17) is 4.74 Å². The molecule has 0 N–H and O–H groups in total. The first-order valence-electron chi connectivity index (χ1n) is 2.25. The molecule has 1 aliphatic rings. The van der Waals surface area contributed by atoms with Gasteiger partial charge in [0.2, 0.25) is 0 Å². The Morgan fingerprint density at radius 1 is 1.88 bits per heavy atom. The van der Waals surface area contributed by atoms with E-state index >= 15 is 0 Å². The molecule has 0 aromatic rings. The maximum absolute atomic E-state index is 10.3. The fraction of sp³-hybridized carbons (Fsp3) is 0.400. The molecule has 44 valence electrons. The smallest absolute Gasteiger partial charge is 0.318 e. The fourth-order valence-electron chi connectivity index (χ4n) is 0.477. The van der Waals surface area contributed by atoms with Gasteiger partial charge >= 0.3 is 5.97 Å². The SMILES string of the molecule is COC1=COC(=O)C1. The van der Waals surface area contributed by atoms with Gasteiger partial charge in [0.25, 0.3) is 0 Å². The van der Waals surface area contributed by atoms with Crippen LogP contribution < -0.4 is 0 Å². The molecule has 0 aliphatic carbocycles. The molecule has 3 nitrogen and oxygen atoms in total. The Morgan fingerprint density at radius 2 is 2.62 bits per heavy atom. The van der Waals surface area contributed by atoms with E-state index in [-0.39, 0.29) is 12.4 Å². The lowest BCUT2D eigenvalue weighted by Crippen LogP contribution is -1.91. The highest BCUT2D eigenvalue weighted by Gasteiger charge is 2.13. The van der Waals surface area contributed by atoms with E-state index in [2.05, 4.69) is 4.74 Å². The fourth-order valence-corrected chi connectivity index (χ4v) is 0.477. The molecule has 0 atom stereocenters. The zero-order valence-electron chi connectivity index (χ0n) is 4.51. The first kappa shape index (κ1) is 5.15. The summed E-state index contributed by atoms with van der Waals surface area (Å²) in [7, 11) is 1.51. The summed E-state index contributed by atoms with van der Waals surface area (Å²) in [5, 5.41) is 0. The molecule has 3 heteroatoms. The van der Waals surface area contributed by atoms with Crippen LogP contribution in [0.25, 0.3) is 0 Å². The maximum Gasteiger partial charge on any atom is 0.318 e. The molecule has 0 saturated carbocycles. The summed E-state index contributed by atoms with van der Waals surface area (Å²) in [4.78, 5) is 10.3. The molecule has 1 aliphatic heterocycles. The molecule has 0 unspecified atom stereocenters. The highest BCUT2D eigenvalue weighted by Crippen LogP contribution is 2.10. The van der Waals surface area contributed by atoms with E-state index < -0.39 is 0 Å². The lowest BCUT2D eigenvalue weighted by molar-refractivity contribution is -0.135. The number of ether oxygens (including phenoxy) is 2. The van der Waals surface area contributed by atoms with Gasteiger partial charge in [-0.2, -0.15) is 0 Å². The Labute approximate surface area is 46.9 Å². The van der Waals surface area contributed by atoms with Gasteiger partial charge in [0, 0.05) is 0 Å². The first-order valence-corrected chi connectivity index (χ1v) is 2.25. The van der Waals surface area contributed by atoms with Gasteiger partial charge in [-0.05, 0) is 0 Å². The molecule has 0 aromatic carbocycles. The van der Waals surface area contributed by atoms with Gasteiger partial charge < -0.3 is 9.47 Å². The van der Waals surface area contributed by atoms with Crippen LogP contribution in [0.2, 0.25) is 0 Å². The van der Waals surface area contributed by atoms with Crippen LogP contribution in [-0.4, -0.2) is 13.1 Å². The van der Waals surface area contributed by atoms with Crippen molar-refractivity contribution < 1.29 is 14.3 Å². The van der Waals surface area contributed by atoms with Crippen LogP contribution in [0, 0.1) is 0 Å². The van der Waals surface area contributed by atoms with Crippen LogP contribution in [0.1, 0.15) is 6.42 Å². The predicted octanol–water partition coefficient (Wildman–Crippen LogP) is 0.421. The van der Waals surface area contributed by atoms with E-state index in [0.29, 0.717) is 5.76 Å². The summed E-state index contributed by atoms with van der Waals surface area (Å²) < 4.78 is 9.13. The highest BCUT2D eigenvalue weighted by molar-refractivity contribution is 5.74. The zero-order chi connectivity index (χ0) is 5.98. The van der Waals surface area contributed by atoms with Crippen molar-refractivity contribution in [1.29, 1.82) is 0 Å². The van der Waals surface area contributed by atoms with Crippen LogP contribution >= 0.6 is 0 Å². The van der Waals surface area contributed by atoms with Gasteiger partial charge in [-0.1, -0.05) is 0 Å². The van der Waals surface area contributed by atoms with Crippen molar-refractivity contribution in [3.05, 3.63) is 12.0 Å². The van der Waals surface area contributed by atoms with Gasteiger partial charge in [-0.15, -0.1) is 0 Å². The normalized spacial score (nSPS) is 17.6. The van der Waals surface area contributed by atoms with Crippen molar-refractivity contribution in [2.24, 2.45) is 0 Å². The quantitative estimate of drug-likeness (QED) is 0.463. The number of rotatable bonds is 1. The number of methoxy groups -OCH3 is 1. The Morgan fingerprint density at radius 3 is 2.88 bits per heavy atom. The zero-order valence-corrected chi connectivity index (χ0v) is 4.51. The topological polar surface area (TPSA) is 35.5 Å². The van der Waals surface area contributed by atoms with Crippen LogP contribution in [-0.2, 0) is 14.3 Å². The minimum atomic E-state index is -0.248. The van der Waals surface area contributed by atoms with Crippen molar-refractivity contribution in [3.63, 3.8) is 0 Å². The summed E-state index contributed by atoms with van der Waals surface area (Å²) >= 11 is 0. The third-order valence-electron chi connectivity index (χ3n) is 0.903. The van der Waals surface area contributed by atoms with Gasteiger partial charge in [-0.3, -0.25) is 4.79 Å². The summed E-state index contributed by atoms with van der Waals surface area (Å²) in [6.45, 7) is 0. The summed E-state index contributed by atoms with van der Waals surface area (Å²) in [5.74, 6) is 0.344. The molecule has 1 rings (SSSR count). The largest absolute Gasteiger partial charge is 0.497 e. The molecule has 0 saturated heterocycles. The van der Waals surface area contributed by atoms with Gasteiger partial charge in [0.1, 0.15) is 18.4 Å². The summed E-state index contributed by atoms with van der Waals surface area (Å²) in [6.07, 6.45) is 1.60. The van der Waals surface area contributed by atoms with E-state index in [9.17, 15) is 4.79 Å². The lowest BCUT2D eigenvalue weighted by atomic mass is 10.4. The van der Waals surface area contributed by atoms with Crippen LogP contribution in [0.15, 0.2) is 12.0 Å². The molecule has 0 bridgehead atoms. The van der Waals surface area contributed by atoms with Crippen LogP contribution in [0.3, 0.4) is 0 Å². The standard InChI is InChI=1S/C5H6O3/c1-7-4-2-5(6)8-3-4/h3H,2H2,1H3. The number of carbonyl (C=O) groups excluding carboxylic acids is 1. The second kappa shape index (κ2) is 1.86. The first-order chi connectivity index (χ1) is 3.83.